The highest BCUT2D eigenvalue weighted by atomic mass is 32.2. The van der Waals surface area contributed by atoms with Crippen molar-refractivity contribution in [1.82, 2.24) is 0 Å². The SMILES string of the molecule is Cc1ccc([S@@](=O)c2c(C(O)CC(=O)SC(C)(C)C)ccc3ccccc23)cc1. The van der Waals surface area contributed by atoms with E-state index in [2.05, 4.69) is 0 Å². The number of aliphatic hydroxyl groups excluding tert-OH is 1. The van der Waals surface area contributed by atoms with Gasteiger partial charge >= 0.3 is 0 Å². The van der Waals surface area contributed by atoms with E-state index in [-0.39, 0.29) is 16.3 Å². The van der Waals surface area contributed by atoms with Gasteiger partial charge < -0.3 is 5.11 Å². The Balaban J connectivity index is 2.05. The second-order valence-corrected chi connectivity index (χ2v) is 11.4. The molecule has 3 aromatic rings. The Labute approximate surface area is 179 Å². The molecule has 0 saturated carbocycles. The molecule has 0 aliphatic carbocycles. The maximum absolute atomic E-state index is 13.5. The van der Waals surface area contributed by atoms with Gasteiger partial charge in [0.2, 0.25) is 0 Å². The number of fused-ring (bicyclic) bond motifs is 1. The van der Waals surface area contributed by atoms with Gasteiger partial charge in [-0.2, -0.15) is 0 Å². The summed E-state index contributed by atoms with van der Waals surface area (Å²) in [4.78, 5) is 13.7. The number of benzene rings is 3. The average molecular weight is 427 g/mol. The van der Waals surface area contributed by atoms with Gasteiger partial charge in [0.15, 0.2) is 5.12 Å². The second-order valence-electron chi connectivity index (χ2n) is 8.09. The van der Waals surface area contributed by atoms with Crippen LogP contribution in [-0.2, 0) is 15.6 Å². The molecule has 3 nitrogen and oxygen atoms in total. The van der Waals surface area contributed by atoms with Crippen LogP contribution in [0.1, 0.15) is 44.4 Å². The fourth-order valence-electron chi connectivity index (χ4n) is 3.16. The zero-order chi connectivity index (χ0) is 21.2. The Kier molecular flexibility index (Phi) is 6.62. The maximum atomic E-state index is 13.5. The predicted octanol–water partition coefficient (Wildman–Crippen LogP) is 5.80. The summed E-state index contributed by atoms with van der Waals surface area (Å²) < 4.78 is 13.3. The molecule has 0 bridgehead atoms. The third-order valence-electron chi connectivity index (χ3n) is 4.47. The first-order valence-corrected chi connectivity index (χ1v) is 11.5. The minimum Gasteiger partial charge on any atom is -0.388 e. The van der Waals surface area contributed by atoms with E-state index >= 15 is 0 Å². The number of aryl methyl sites for hydroxylation is 1. The minimum absolute atomic E-state index is 0.0155. The maximum Gasteiger partial charge on any atom is 0.192 e. The number of aliphatic hydroxyl groups is 1. The summed E-state index contributed by atoms with van der Waals surface area (Å²) in [5, 5.41) is 12.6. The van der Waals surface area contributed by atoms with Crippen molar-refractivity contribution in [2.75, 3.05) is 0 Å². The largest absolute Gasteiger partial charge is 0.388 e. The van der Waals surface area contributed by atoms with E-state index in [0.717, 1.165) is 16.3 Å². The number of thioether (sulfide) groups is 1. The molecule has 0 amide bonds. The van der Waals surface area contributed by atoms with Crippen LogP contribution in [-0.4, -0.2) is 19.2 Å². The van der Waals surface area contributed by atoms with Crippen molar-refractivity contribution >= 4 is 38.4 Å². The molecule has 1 N–H and O–H groups in total. The predicted molar refractivity (Wildman–Crippen MR) is 122 cm³/mol. The van der Waals surface area contributed by atoms with Gasteiger partial charge in [-0.1, -0.05) is 86.6 Å². The van der Waals surface area contributed by atoms with E-state index in [1.807, 2.05) is 82.3 Å². The summed E-state index contributed by atoms with van der Waals surface area (Å²) in [6.45, 7) is 7.89. The summed E-state index contributed by atoms with van der Waals surface area (Å²) in [6, 6.07) is 19.0. The van der Waals surface area contributed by atoms with Gasteiger partial charge in [-0.25, -0.2) is 4.21 Å². The molecule has 0 heterocycles. The van der Waals surface area contributed by atoms with Crippen LogP contribution in [0.5, 0.6) is 0 Å². The van der Waals surface area contributed by atoms with Gasteiger partial charge in [-0.15, -0.1) is 0 Å². The van der Waals surface area contributed by atoms with E-state index in [1.54, 1.807) is 6.07 Å². The molecule has 3 aromatic carbocycles. The van der Waals surface area contributed by atoms with Crippen LogP contribution in [0.4, 0.5) is 0 Å². The van der Waals surface area contributed by atoms with E-state index < -0.39 is 16.9 Å². The Hall–Kier alpha value is -1.95. The molecule has 1 unspecified atom stereocenters. The summed E-state index contributed by atoms with van der Waals surface area (Å²) in [7, 11) is -1.47. The summed E-state index contributed by atoms with van der Waals surface area (Å²) in [6.07, 6.45) is -1.02. The summed E-state index contributed by atoms with van der Waals surface area (Å²) in [5.74, 6) is 0. The lowest BCUT2D eigenvalue weighted by molar-refractivity contribution is -0.112. The minimum atomic E-state index is -1.47. The molecule has 2 atom stereocenters. The van der Waals surface area contributed by atoms with Crippen molar-refractivity contribution in [3.8, 4) is 0 Å². The molecule has 152 valence electrons. The Morgan fingerprint density at radius 3 is 2.34 bits per heavy atom. The van der Waals surface area contributed by atoms with Gasteiger partial charge in [0.05, 0.1) is 21.8 Å². The lowest BCUT2D eigenvalue weighted by Crippen LogP contribution is -2.15. The van der Waals surface area contributed by atoms with Gasteiger partial charge in [0.25, 0.3) is 0 Å². The first-order chi connectivity index (χ1) is 13.7. The van der Waals surface area contributed by atoms with Crippen LogP contribution in [0.15, 0.2) is 70.5 Å². The third-order valence-corrected chi connectivity index (χ3v) is 7.00. The average Bonchev–Trinajstić information content (AvgIpc) is 2.65. The molecule has 5 heteroatoms. The lowest BCUT2D eigenvalue weighted by atomic mass is 10.0. The van der Waals surface area contributed by atoms with Crippen molar-refractivity contribution in [2.24, 2.45) is 0 Å². The number of hydrogen-bond donors (Lipinski definition) is 1. The van der Waals surface area contributed by atoms with Crippen molar-refractivity contribution in [1.29, 1.82) is 0 Å². The third kappa shape index (κ3) is 5.35. The molecule has 3 rings (SSSR count). The van der Waals surface area contributed by atoms with Crippen LogP contribution < -0.4 is 0 Å². The monoisotopic (exact) mass is 426 g/mol. The van der Waals surface area contributed by atoms with Crippen molar-refractivity contribution < 1.29 is 14.1 Å². The smallest absolute Gasteiger partial charge is 0.192 e. The molecule has 0 aromatic heterocycles. The normalized spacial score (nSPS) is 14.0. The fraction of sp³-hybridized carbons (Fsp3) is 0.292. The number of carbonyl (C=O) groups excluding carboxylic acids is 1. The zero-order valence-electron chi connectivity index (χ0n) is 17.1. The van der Waals surface area contributed by atoms with Gasteiger partial charge in [-0.3, -0.25) is 4.79 Å². The van der Waals surface area contributed by atoms with E-state index in [9.17, 15) is 14.1 Å². The highest BCUT2D eigenvalue weighted by molar-refractivity contribution is 8.14. The molecule has 0 spiro atoms. The number of hydrogen-bond acceptors (Lipinski definition) is 4. The standard InChI is InChI=1S/C24H26O3S2/c1-16-9-12-18(13-10-16)29(27)23-19-8-6-5-7-17(19)11-14-20(23)21(25)15-22(26)28-24(2,3)4/h5-14,21,25H,15H2,1-4H3/t21?,29-/m1/s1. The Bertz CT molecular complexity index is 1050. The second kappa shape index (κ2) is 8.82. The Morgan fingerprint density at radius 2 is 1.69 bits per heavy atom. The topological polar surface area (TPSA) is 54.4 Å². The molecule has 0 fully saturated rings. The molecular weight excluding hydrogens is 400 g/mol. The van der Waals surface area contributed by atoms with Gasteiger partial charge in [0.1, 0.15) is 0 Å². The van der Waals surface area contributed by atoms with Gasteiger partial charge in [-0.05, 0) is 35.4 Å². The molecule has 0 aliphatic heterocycles. The first kappa shape index (κ1) is 21.8. The number of carbonyl (C=O) groups is 1. The highest BCUT2D eigenvalue weighted by Crippen LogP contribution is 2.35. The van der Waals surface area contributed by atoms with Crippen LogP contribution >= 0.6 is 11.8 Å². The Morgan fingerprint density at radius 1 is 1.03 bits per heavy atom. The van der Waals surface area contributed by atoms with E-state index in [0.29, 0.717) is 15.4 Å². The van der Waals surface area contributed by atoms with E-state index in [1.165, 1.54) is 11.8 Å². The fourth-order valence-corrected chi connectivity index (χ4v) is 5.51. The van der Waals surface area contributed by atoms with Crippen molar-refractivity contribution in [2.45, 2.75) is 54.8 Å². The van der Waals surface area contributed by atoms with Crippen LogP contribution in [0.3, 0.4) is 0 Å². The van der Waals surface area contributed by atoms with Crippen molar-refractivity contribution in [3.05, 3.63) is 71.8 Å². The van der Waals surface area contributed by atoms with Crippen LogP contribution in [0.2, 0.25) is 0 Å². The van der Waals surface area contributed by atoms with Crippen molar-refractivity contribution in [3.63, 3.8) is 0 Å². The van der Waals surface area contributed by atoms with Crippen LogP contribution in [0, 0.1) is 6.92 Å². The number of rotatable bonds is 5. The molecule has 0 aliphatic rings. The van der Waals surface area contributed by atoms with Crippen LogP contribution in [0.25, 0.3) is 10.8 Å². The highest BCUT2D eigenvalue weighted by Gasteiger charge is 2.25. The lowest BCUT2D eigenvalue weighted by Gasteiger charge is -2.20. The first-order valence-electron chi connectivity index (χ1n) is 9.56. The van der Waals surface area contributed by atoms with Gasteiger partial charge in [0, 0.05) is 16.1 Å². The summed E-state index contributed by atoms with van der Waals surface area (Å²) >= 11 is 1.22. The molecule has 0 saturated heterocycles. The molecular formula is C24H26O3S2. The molecule has 29 heavy (non-hydrogen) atoms. The van der Waals surface area contributed by atoms with E-state index in [4.69, 9.17) is 0 Å². The molecule has 0 radical (unpaired) electrons. The summed E-state index contributed by atoms with van der Waals surface area (Å²) in [5.41, 5.74) is 1.64. The quantitative estimate of drug-likeness (QED) is 0.560. The zero-order valence-corrected chi connectivity index (χ0v) is 18.8.